The highest BCUT2D eigenvalue weighted by Crippen LogP contribution is 2.33. The van der Waals surface area contributed by atoms with Crippen LogP contribution in [0, 0.1) is 13.8 Å². The van der Waals surface area contributed by atoms with Gasteiger partial charge in [-0.15, -0.1) is 0 Å². The van der Waals surface area contributed by atoms with Crippen LogP contribution >= 0.6 is 0 Å². The van der Waals surface area contributed by atoms with Crippen LogP contribution in [0.25, 0.3) is 33.2 Å². The fraction of sp³-hybridized carbons (Fsp3) is 0.371. The molecule has 0 N–H and O–H groups in total. The van der Waals surface area contributed by atoms with E-state index in [-0.39, 0.29) is 0 Å². The van der Waals surface area contributed by atoms with Crippen molar-refractivity contribution in [1.82, 2.24) is 14.5 Å². The monoisotopic (exact) mass is 505 g/mol. The molecule has 3 heteroatoms. The second-order valence-electron chi connectivity index (χ2n) is 9.66. The Morgan fingerprint density at radius 1 is 0.605 bits per heavy atom. The largest absolute Gasteiger partial charge is 0.346 e. The highest BCUT2D eigenvalue weighted by molar-refractivity contribution is 5.87. The fourth-order valence-corrected chi connectivity index (χ4v) is 5.78. The minimum atomic E-state index is 1.07. The number of rotatable bonds is 0. The molecular weight excluding hydrogens is 462 g/mol. The number of benzene rings is 2. The summed E-state index contributed by atoms with van der Waals surface area (Å²) in [6.45, 7) is 13.5. The van der Waals surface area contributed by atoms with Gasteiger partial charge < -0.3 is 4.57 Å². The zero-order valence-electron chi connectivity index (χ0n) is 24.1. The van der Waals surface area contributed by atoms with Crippen LogP contribution in [0.3, 0.4) is 0 Å². The Kier molecular flexibility index (Phi) is 9.33. The van der Waals surface area contributed by atoms with E-state index in [0.29, 0.717) is 0 Å². The zero-order chi connectivity index (χ0) is 27.1. The molecule has 0 saturated carbocycles. The lowest BCUT2D eigenvalue weighted by Gasteiger charge is -2.21. The lowest BCUT2D eigenvalue weighted by Crippen LogP contribution is -2.12. The molecule has 0 radical (unpaired) electrons. The van der Waals surface area contributed by atoms with E-state index in [4.69, 9.17) is 9.97 Å². The standard InChI is InChI=1S/C16H14N2.C15H17N.2C2H6/c1-11-12-5-2-3-6-14(12)17-16-13(11)8-10-18-9-4-7-15(16)18;1-11-12-7-3-2-4-9-14(12)16-15-10-6-5-8-13(11)15;2*1-2/h2-7,9H,8,10H2,1H3;5-6,8,10H,2-4,7,9H2,1H3;2*1-2H3. The van der Waals surface area contributed by atoms with Crippen molar-refractivity contribution < 1.29 is 0 Å². The molecule has 0 bridgehead atoms. The van der Waals surface area contributed by atoms with E-state index in [1.54, 1.807) is 0 Å². The third-order valence-electron chi connectivity index (χ3n) is 7.66. The maximum absolute atomic E-state index is 4.87. The Morgan fingerprint density at radius 2 is 1.21 bits per heavy atom. The first-order chi connectivity index (χ1) is 18.7. The number of hydrogen-bond donors (Lipinski definition) is 0. The molecule has 2 aromatic carbocycles. The SMILES string of the molecule is CC.CC.Cc1c2c(nc3ccccc13)-c1cccn1CC2.Cc1c2c(nc3ccccc13)CCCCC2. The maximum atomic E-state index is 4.87. The number of para-hydroxylation sites is 2. The number of nitrogens with zero attached hydrogens (tertiary/aromatic N) is 3. The minimum absolute atomic E-state index is 1.07. The molecule has 0 amide bonds. The summed E-state index contributed by atoms with van der Waals surface area (Å²) >= 11 is 0. The molecule has 4 heterocycles. The average Bonchev–Trinajstić information content (AvgIpc) is 3.34. The number of pyridine rings is 2. The van der Waals surface area contributed by atoms with Crippen LogP contribution in [0.5, 0.6) is 0 Å². The van der Waals surface area contributed by atoms with Gasteiger partial charge in [-0.05, 0) is 92.5 Å². The van der Waals surface area contributed by atoms with Gasteiger partial charge in [0, 0.05) is 29.2 Å². The molecule has 7 rings (SSSR count). The van der Waals surface area contributed by atoms with Gasteiger partial charge in [0.15, 0.2) is 0 Å². The molecule has 3 nitrogen and oxygen atoms in total. The summed E-state index contributed by atoms with van der Waals surface area (Å²) in [4.78, 5) is 9.71. The first kappa shape index (κ1) is 27.6. The van der Waals surface area contributed by atoms with E-state index < -0.39 is 0 Å². The first-order valence-corrected chi connectivity index (χ1v) is 14.6. The van der Waals surface area contributed by atoms with Gasteiger partial charge in [0.05, 0.1) is 22.4 Å². The van der Waals surface area contributed by atoms with Gasteiger partial charge in [-0.25, -0.2) is 4.98 Å². The van der Waals surface area contributed by atoms with Crippen molar-refractivity contribution in [3.8, 4) is 11.4 Å². The summed E-state index contributed by atoms with van der Waals surface area (Å²) in [5.74, 6) is 0. The predicted octanol–water partition coefficient (Wildman–Crippen LogP) is 9.43. The highest BCUT2D eigenvalue weighted by atomic mass is 15.0. The van der Waals surface area contributed by atoms with Crippen molar-refractivity contribution in [1.29, 1.82) is 0 Å². The molecule has 38 heavy (non-hydrogen) atoms. The number of aryl methyl sites for hydroxylation is 4. The molecule has 0 atom stereocenters. The third-order valence-corrected chi connectivity index (χ3v) is 7.66. The minimum Gasteiger partial charge on any atom is -0.346 e. The van der Waals surface area contributed by atoms with Crippen LogP contribution in [0.2, 0.25) is 0 Å². The lowest BCUT2D eigenvalue weighted by atomic mass is 9.96. The van der Waals surface area contributed by atoms with Gasteiger partial charge in [0.2, 0.25) is 0 Å². The predicted molar refractivity (Wildman–Crippen MR) is 164 cm³/mol. The molecule has 3 aromatic heterocycles. The Bertz CT molecular complexity index is 1510. The van der Waals surface area contributed by atoms with Gasteiger partial charge in [0.1, 0.15) is 0 Å². The smallest absolute Gasteiger partial charge is 0.0909 e. The van der Waals surface area contributed by atoms with Crippen molar-refractivity contribution in [3.05, 3.63) is 94.8 Å². The molecule has 1 aliphatic carbocycles. The average molecular weight is 506 g/mol. The normalized spacial score (nSPS) is 13.3. The molecule has 0 unspecified atom stereocenters. The first-order valence-electron chi connectivity index (χ1n) is 14.6. The van der Waals surface area contributed by atoms with Crippen molar-refractivity contribution in [2.45, 2.75) is 86.6 Å². The van der Waals surface area contributed by atoms with E-state index in [1.165, 1.54) is 87.7 Å². The summed E-state index contributed by atoms with van der Waals surface area (Å²) < 4.78 is 2.30. The van der Waals surface area contributed by atoms with Gasteiger partial charge in [-0.3, -0.25) is 4.98 Å². The Balaban J connectivity index is 0.000000158. The van der Waals surface area contributed by atoms with Crippen LogP contribution in [-0.4, -0.2) is 14.5 Å². The quantitative estimate of drug-likeness (QED) is 0.196. The summed E-state index contributed by atoms with van der Waals surface area (Å²) in [7, 11) is 0. The molecule has 198 valence electrons. The summed E-state index contributed by atoms with van der Waals surface area (Å²) in [6, 6.07) is 21.2. The Labute approximate surface area is 229 Å². The molecule has 1 aliphatic heterocycles. The third kappa shape index (κ3) is 5.38. The maximum Gasteiger partial charge on any atom is 0.0909 e. The van der Waals surface area contributed by atoms with Gasteiger partial charge >= 0.3 is 0 Å². The fourth-order valence-electron chi connectivity index (χ4n) is 5.78. The number of aromatic nitrogens is 3. The Morgan fingerprint density at radius 3 is 1.92 bits per heavy atom. The van der Waals surface area contributed by atoms with E-state index >= 15 is 0 Å². The van der Waals surface area contributed by atoms with Gasteiger partial charge in [-0.1, -0.05) is 70.5 Å². The van der Waals surface area contributed by atoms with Crippen LogP contribution < -0.4 is 0 Å². The van der Waals surface area contributed by atoms with Crippen LogP contribution in [-0.2, 0) is 25.8 Å². The van der Waals surface area contributed by atoms with E-state index in [9.17, 15) is 0 Å². The van der Waals surface area contributed by atoms with Gasteiger partial charge in [0.25, 0.3) is 0 Å². The summed E-state index contributed by atoms with van der Waals surface area (Å²) in [5.41, 5.74) is 11.8. The summed E-state index contributed by atoms with van der Waals surface area (Å²) in [5, 5.41) is 2.62. The molecule has 0 fully saturated rings. The number of fused-ring (bicyclic) bond motifs is 6. The van der Waals surface area contributed by atoms with Crippen molar-refractivity contribution in [2.24, 2.45) is 0 Å². The second-order valence-corrected chi connectivity index (χ2v) is 9.66. The summed E-state index contributed by atoms with van der Waals surface area (Å²) in [6.07, 6.45) is 9.60. The van der Waals surface area contributed by atoms with Crippen molar-refractivity contribution >= 4 is 21.8 Å². The van der Waals surface area contributed by atoms with Crippen molar-refractivity contribution in [3.63, 3.8) is 0 Å². The molecule has 5 aromatic rings. The Hall–Kier alpha value is -3.46. The molecule has 2 aliphatic rings. The van der Waals surface area contributed by atoms with Crippen LogP contribution in [0.15, 0.2) is 66.9 Å². The van der Waals surface area contributed by atoms with Crippen molar-refractivity contribution in [2.75, 3.05) is 0 Å². The molecule has 0 saturated heterocycles. The molecular formula is C35H43N3. The van der Waals surface area contributed by atoms with E-state index in [2.05, 4.69) is 85.3 Å². The van der Waals surface area contributed by atoms with Crippen LogP contribution in [0.1, 0.15) is 74.9 Å². The lowest BCUT2D eigenvalue weighted by molar-refractivity contribution is 0.683. The second kappa shape index (κ2) is 12.9. The topological polar surface area (TPSA) is 30.7 Å². The highest BCUT2D eigenvalue weighted by Gasteiger charge is 2.20. The van der Waals surface area contributed by atoms with E-state index in [1.807, 2.05) is 27.7 Å². The molecule has 0 spiro atoms. The zero-order valence-corrected chi connectivity index (χ0v) is 24.1. The number of hydrogen-bond acceptors (Lipinski definition) is 2. The van der Waals surface area contributed by atoms with E-state index in [0.717, 1.165) is 18.5 Å². The van der Waals surface area contributed by atoms with Crippen LogP contribution in [0.4, 0.5) is 0 Å². The van der Waals surface area contributed by atoms with Gasteiger partial charge in [-0.2, -0.15) is 0 Å².